The van der Waals surface area contributed by atoms with Gasteiger partial charge in [0.25, 0.3) is 0 Å². The van der Waals surface area contributed by atoms with Crippen LogP contribution < -0.4 is 31.8 Å². The predicted molar refractivity (Wildman–Crippen MR) is 230 cm³/mol. The van der Waals surface area contributed by atoms with Crippen molar-refractivity contribution in [3.05, 3.63) is 121 Å². The van der Waals surface area contributed by atoms with Crippen LogP contribution in [0.15, 0.2) is 91.6 Å². The number of rotatable bonds is 6. The Bertz CT molecular complexity index is 2530. The van der Waals surface area contributed by atoms with Crippen LogP contribution in [0.25, 0.3) is 11.0 Å². The zero-order valence-corrected chi connectivity index (χ0v) is 35.1. The Morgan fingerprint density at radius 2 is 1.97 bits per heavy atom. The second-order valence-corrected chi connectivity index (χ2v) is 17.9. The highest BCUT2D eigenvalue weighted by Crippen LogP contribution is 2.59. The number of hydrogen-bond acceptors (Lipinski definition) is 13. The number of aliphatic hydroxyl groups is 2. The first-order valence-electron chi connectivity index (χ1n) is 21.6. The van der Waals surface area contributed by atoms with Crippen molar-refractivity contribution in [3.63, 3.8) is 0 Å². The van der Waals surface area contributed by atoms with Crippen molar-refractivity contribution in [1.82, 2.24) is 16.0 Å². The average Bonchev–Trinajstić information content (AvgIpc) is 3.29. The van der Waals surface area contributed by atoms with Crippen molar-refractivity contribution in [2.75, 3.05) is 13.2 Å². The number of fused-ring (bicyclic) bond motifs is 6. The lowest BCUT2D eigenvalue weighted by Crippen LogP contribution is -2.57. The lowest BCUT2D eigenvalue weighted by Gasteiger charge is -2.50. The lowest BCUT2D eigenvalue weighted by atomic mass is 9.65. The summed E-state index contributed by atoms with van der Waals surface area (Å²) in [5.41, 5.74) is 12.1. The molecule has 9 N–H and O–H groups in total. The number of dihydropyridines is 2. The van der Waals surface area contributed by atoms with Gasteiger partial charge in [-0.05, 0) is 118 Å². The molecule has 5 aliphatic heterocycles. The van der Waals surface area contributed by atoms with Gasteiger partial charge in [-0.1, -0.05) is 24.3 Å². The fraction of sp³-hybridized carbons (Fsp3) is 0.458. The van der Waals surface area contributed by atoms with E-state index < -0.39 is 41.5 Å². The number of aromatic hydroxyl groups is 2. The summed E-state index contributed by atoms with van der Waals surface area (Å²) >= 11 is 0. The first kappa shape index (κ1) is 40.9. The highest BCUT2D eigenvalue weighted by Gasteiger charge is 2.54. The molecule has 0 spiro atoms. The molecule has 6 aliphatic rings. The van der Waals surface area contributed by atoms with Gasteiger partial charge in [-0.15, -0.1) is 0 Å². The number of ether oxygens (including phenoxy) is 2. The molecular formula is C48H56N4O9. The van der Waals surface area contributed by atoms with Crippen molar-refractivity contribution in [2.45, 2.75) is 115 Å². The van der Waals surface area contributed by atoms with E-state index in [1.165, 1.54) is 5.57 Å². The van der Waals surface area contributed by atoms with Gasteiger partial charge in [0.05, 0.1) is 12.8 Å². The first-order valence-corrected chi connectivity index (χ1v) is 21.6. The second kappa shape index (κ2) is 15.8. The third kappa shape index (κ3) is 6.90. The third-order valence-electron chi connectivity index (χ3n) is 14.3. The molecule has 1 aliphatic carbocycles. The fourth-order valence-electron chi connectivity index (χ4n) is 10.9. The molecule has 61 heavy (non-hydrogen) atoms. The molecule has 1 saturated heterocycles. The van der Waals surface area contributed by atoms with Gasteiger partial charge in [-0.25, -0.2) is 4.79 Å². The zero-order chi connectivity index (χ0) is 42.9. The fourth-order valence-corrected chi connectivity index (χ4v) is 10.9. The van der Waals surface area contributed by atoms with Gasteiger partial charge in [-0.3, -0.25) is 10.1 Å². The smallest absolute Gasteiger partial charge is 0.333 e. The summed E-state index contributed by atoms with van der Waals surface area (Å²) in [5, 5.41) is 55.9. The first-order chi connectivity index (χ1) is 29.3. The van der Waals surface area contributed by atoms with Crippen LogP contribution in [0.3, 0.4) is 0 Å². The molecule has 3 aromatic rings. The number of hydrogen-bond donors (Lipinski definition) is 8. The van der Waals surface area contributed by atoms with Crippen LogP contribution in [0.1, 0.15) is 99.6 Å². The van der Waals surface area contributed by atoms with Crippen molar-refractivity contribution in [2.24, 2.45) is 17.6 Å². The number of allylic oxidation sites excluding steroid dienone is 5. The molecule has 9 rings (SSSR count). The molecule has 13 heteroatoms. The summed E-state index contributed by atoms with van der Waals surface area (Å²) < 4.78 is 20.4. The lowest BCUT2D eigenvalue weighted by molar-refractivity contribution is -0.165. The van der Waals surface area contributed by atoms with E-state index in [0.29, 0.717) is 55.2 Å². The number of phenols is 2. The maximum Gasteiger partial charge on any atom is 0.333 e. The number of benzene rings is 2. The summed E-state index contributed by atoms with van der Waals surface area (Å²) in [4.78, 5) is 28.0. The molecule has 0 radical (unpaired) electrons. The minimum absolute atomic E-state index is 0.00724. The molecule has 13 nitrogen and oxygen atoms in total. The van der Waals surface area contributed by atoms with E-state index in [9.17, 15) is 30.0 Å². The highest BCUT2D eigenvalue weighted by molar-refractivity contribution is 5.92. The number of aryl methyl sites for hydroxylation is 1. The minimum Gasteiger partial charge on any atom is -0.508 e. The van der Waals surface area contributed by atoms with E-state index in [0.717, 1.165) is 46.8 Å². The van der Waals surface area contributed by atoms with Crippen LogP contribution in [0.4, 0.5) is 0 Å². The SMILES string of the molecule is C/C=C(/C)C(=O)O[C@@H]1Cc2c3c(c4oc(CO)cc(=O)c4c2O)[C@@H]2C4=CCNC(N)=C4[C@@H](CCc4ccc(O)cc4[C@H]2CO)C[C@@H](CC2=CNC4N[C@@H](C)CCC4=C2)[C@]1(C)O3. The summed E-state index contributed by atoms with van der Waals surface area (Å²) in [6.07, 6.45) is 11.5. The van der Waals surface area contributed by atoms with Crippen molar-refractivity contribution in [1.29, 1.82) is 0 Å². The largest absolute Gasteiger partial charge is 0.508 e. The van der Waals surface area contributed by atoms with Crippen LogP contribution >= 0.6 is 0 Å². The van der Waals surface area contributed by atoms with Gasteiger partial charge in [0.15, 0.2) is 5.43 Å². The molecular weight excluding hydrogens is 777 g/mol. The highest BCUT2D eigenvalue weighted by atomic mass is 16.6. The Labute approximate surface area is 354 Å². The summed E-state index contributed by atoms with van der Waals surface area (Å²) in [7, 11) is 0. The number of carbonyl (C=O) groups is 1. The monoisotopic (exact) mass is 832 g/mol. The standard InChI is InChI=1S/C48H56N4O9/c1-5-23(2)47(58)60-37-19-34-42(57)40-36(56)18-31(21-53)59-44(40)41-39-32-12-13-50-45(49)38(32)27(9-8-26-10-11-30(55)17-33(26)35(39)22-54)16-29(48(37,4)61-43(34)41)15-25-14-28-7-6-24(3)52-46(28)51-20-25/h5,10-12,14,17-18,20,24,27,29,35,37,39,46,50-55,57H,6-9,13,15-16,19,21-22,49H2,1-4H3/b23-5-/t24-,27-,29+,35+,37+,39+,46?,48-/m0/s1. The van der Waals surface area contributed by atoms with E-state index in [1.54, 1.807) is 32.1 Å². The number of carbonyl (C=O) groups excluding carboxylic acids is 1. The topological polar surface area (TPSA) is 209 Å². The average molecular weight is 833 g/mol. The quantitative estimate of drug-likeness (QED) is 0.117. The van der Waals surface area contributed by atoms with Crippen LogP contribution in [0, 0.1) is 11.8 Å². The van der Waals surface area contributed by atoms with E-state index in [1.807, 2.05) is 13.0 Å². The van der Waals surface area contributed by atoms with E-state index in [4.69, 9.17) is 19.6 Å². The van der Waals surface area contributed by atoms with Crippen LogP contribution in [-0.2, 0) is 29.0 Å². The van der Waals surface area contributed by atoms with Crippen LogP contribution in [0.5, 0.6) is 17.2 Å². The number of phenolic OH excluding ortho intramolecular Hbond substituents is 2. The Morgan fingerprint density at radius 1 is 1.15 bits per heavy atom. The summed E-state index contributed by atoms with van der Waals surface area (Å²) in [5.74, 6) is -2.16. The maximum absolute atomic E-state index is 14.2. The molecule has 2 aromatic carbocycles. The number of nitrogens with one attached hydrogen (secondary N) is 3. The van der Waals surface area contributed by atoms with Crippen LogP contribution in [0.2, 0.25) is 0 Å². The molecule has 4 bridgehead atoms. The van der Waals surface area contributed by atoms with E-state index in [-0.39, 0.29) is 70.6 Å². The zero-order valence-electron chi connectivity index (χ0n) is 35.1. The minimum atomic E-state index is -1.24. The second-order valence-electron chi connectivity index (χ2n) is 17.9. The Hall–Kier alpha value is -5.50. The van der Waals surface area contributed by atoms with Gasteiger partial charge >= 0.3 is 5.97 Å². The Kier molecular flexibility index (Phi) is 10.6. The molecule has 0 amide bonds. The van der Waals surface area contributed by atoms with Gasteiger partial charge in [0, 0.05) is 65.7 Å². The van der Waals surface area contributed by atoms with Crippen molar-refractivity contribution in [3.8, 4) is 17.2 Å². The molecule has 1 unspecified atom stereocenters. The van der Waals surface area contributed by atoms with Gasteiger partial charge < -0.3 is 50.7 Å². The van der Waals surface area contributed by atoms with E-state index >= 15 is 0 Å². The number of nitrogens with two attached hydrogens (primary N) is 1. The molecule has 1 fully saturated rings. The number of esters is 1. The predicted octanol–water partition coefficient (Wildman–Crippen LogP) is 5.31. The van der Waals surface area contributed by atoms with Gasteiger partial charge in [0.1, 0.15) is 58.1 Å². The molecule has 1 aromatic heterocycles. The van der Waals surface area contributed by atoms with Gasteiger partial charge in [-0.2, -0.15) is 0 Å². The van der Waals surface area contributed by atoms with Crippen molar-refractivity contribution >= 4 is 16.9 Å². The Morgan fingerprint density at radius 3 is 2.74 bits per heavy atom. The number of aliphatic hydroxyl groups excluding tert-OH is 2. The Balaban J connectivity index is 1.37. The summed E-state index contributed by atoms with van der Waals surface area (Å²) in [6.45, 7) is 7.05. The maximum atomic E-state index is 14.2. The normalized spacial score (nSPS) is 29.4. The molecule has 0 saturated carbocycles. The molecule has 6 heterocycles. The summed E-state index contributed by atoms with van der Waals surface area (Å²) in [6, 6.07) is 6.80. The number of piperidine rings is 1. The van der Waals surface area contributed by atoms with Gasteiger partial charge in [0.2, 0.25) is 0 Å². The van der Waals surface area contributed by atoms with Crippen LogP contribution in [-0.4, -0.2) is 63.5 Å². The molecule has 322 valence electrons. The molecule has 8 atom stereocenters. The third-order valence-corrected chi connectivity index (χ3v) is 14.3. The van der Waals surface area contributed by atoms with E-state index in [2.05, 4.69) is 41.2 Å². The van der Waals surface area contributed by atoms with Crippen molar-refractivity contribution < 1.29 is 39.1 Å².